The Hall–Kier alpha value is -0.260. The summed E-state index contributed by atoms with van der Waals surface area (Å²) >= 11 is 1.71. The molecule has 0 bridgehead atoms. The minimum atomic E-state index is -0.151. The highest BCUT2D eigenvalue weighted by atomic mass is 32.2. The third kappa shape index (κ3) is 3.17. The summed E-state index contributed by atoms with van der Waals surface area (Å²) in [6.07, 6.45) is 2.01. The lowest BCUT2D eigenvalue weighted by atomic mass is 10.0. The summed E-state index contributed by atoms with van der Waals surface area (Å²) in [6, 6.07) is -0.130. The van der Waals surface area contributed by atoms with Gasteiger partial charge < -0.3 is 15.8 Å². The van der Waals surface area contributed by atoms with Crippen molar-refractivity contribution in [2.75, 3.05) is 31.8 Å². The molecule has 1 rings (SSSR count). The number of amides is 1. The van der Waals surface area contributed by atoms with Crippen molar-refractivity contribution in [1.29, 1.82) is 0 Å². The zero-order valence-electron chi connectivity index (χ0n) is 7.79. The van der Waals surface area contributed by atoms with Crippen LogP contribution in [0.15, 0.2) is 0 Å². The molecule has 1 saturated heterocycles. The van der Waals surface area contributed by atoms with Gasteiger partial charge in [-0.3, -0.25) is 4.79 Å². The third-order valence-electron chi connectivity index (χ3n) is 2.07. The van der Waals surface area contributed by atoms with Crippen molar-refractivity contribution in [2.24, 2.45) is 11.7 Å². The normalized spacial score (nSPS) is 27.5. The van der Waals surface area contributed by atoms with E-state index in [1.807, 2.05) is 6.26 Å². The van der Waals surface area contributed by atoms with Gasteiger partial charge in [-0.2, -0.15) is 11.8 Å². The molecule has 76 valence electrons. The van der Waals surface area contributed by atoms with Crippen molar-refractivity contribution in [3.8, 4) is 0 Å². The lowest BCUT2D eigenvalue weighted by molar-refractivity contribution is -0.125. The quantitative estimate of drug-likeness (QED) is 0.603. The summed E-state index contributed by atoms with van der Waals surface area (Å²) in [5.41, 5.74) is 5.69. The SMILES string of the molecule is CSCCNC(=O)C1COCC1N. The third-order valence-corrected chi connectivity index (χ3v) is 2.68. The highest BCUT2D eigenvalue weighted by Crippen LogP contribution is 2.11. The summed E-state index contributed by atoms with van der Waals surface area (Å²) in [7, 11) is 0. The lowest BCUT2D eigenvalue weighted by Crippen LogP contribution is -2.41. The molecule has 0 saturated carbocycles. The van der Waals surface area contributed by atoms with E-state index in [2.05, 4.69) is 5.32 Å². The molecule has 2 unspecified atom stereocenters. The Morgan fingerprint density at radius 2 is 2.46 bits per heavy atom. The van der Waals surface area contributed by atoms with Crippen LogP contribution in [-0.2, 0) is 9.53 Å². The van der Waals surface area contributed by atoms with Gasteiger partial charge in [-0.25, -0.2) is 0 Å². The van der Waals surface area contributed by atoms with Gasteiger partial charge in [-0.05, 0) is 6.26 Å². The predicted octanol–water partition coefficient (Wildman–Crippen LogP) is -0.561. The van der Waals surface area contributed by atoms with Crippen molar-refractivity contribution in [3.05, 3.63) is 0 Å². The molecule has 0 radical (unpaired) electrons. The monoisotopic (exact) mass is 204 g/mol. The summed E-state index contributed by atoms with van der Waals surface area (Å²) < 4.78 is 5.11. The van der Waals surface area contributed by atoms with Crippen molar-refractivity contribution >= 4 is 17.7 Å². The van der Waals surface area contributed by atoms with Gasteiger partial charge in [0.2, 0.25) is 5.91 Å². The van der Waals surface area contributed by atoms with Crippen LogP contribution >= 0.6 is 11.8 Å². The molecule has 0 aliphatic carbocycles. The van der Waals surface area contributed by atoms with Gasteiger partial charge in [0.1, 0.15) is 0 Å². The van der Waals surface area contributed by atoms with E-state index >= 15 is 0 Å². The van der Waals surface area contributed by atoms with Crippen LogP contribution in [0.3, 0.4) is 0 Å². The van der Waals surface area contributed by atoms with Crippen molar-refractivity contribution in [3.63, 3.8) is 0 Å². The first-order valence-electron chi connectivity index (χ1n) is 4.35. The number of nitrogens with one attached hydrogen (secondary N) is 1. The second-order valence-corrected chi connectivity index (χ2v) is 4.08. The van der Waals surface area contributed by atoms with Crippen molar-refractivity contribution < 1.29 is 9.53 Å². The first-order chi connectivity index (χ1) is 6.25. The van der Waals surface area contributed by atoms with E-state index < -0.39 is 0 Å². The van der Waals surface area contributed by atoms with E-state index in [0.717, 1.165) is 5.75 Å². The van der Waals surface area contributed by atoms with E-state index in [1.54, 1.807) is 11.8 Å². The Bertz CT molecular complexity index is 178. The van der Waals surface area contributed by atoms with E-state index in [4.69, 9.17) is 10.5 Å². The maximum absolute atomic E-state index is 11.5. The number of nitrogens with two attached hydrogens (primary N) is 1. The van der Waals surface area contributed by atoms with Gasteiger partial charge in [0, 0.05) is 18.3 Å². The number of rotatable bonds is 4. The Balaban J connectivity index is 2.22. The summed E-state index contributed by atoms with van der Waals surface area (Å²) in [5.74, 6) is 0.815. The van der Waals surface area contributed by atoms with E-state index in [9.17, 15) is 4.79 Å². The number of thioether (sulfide) groups is 1. The molecule has 4 nitrogen and oxygen atoms in total. The number of carbonyl (C=O) groups excluding carboxylic acids is 1. The van der Waals surface area contributed by atoms with Gasteiger partial charge >= 0.3 is 0 Å². The minimum absolute atomic E-state index is 0.0269. The Morgan fingerprint density at radius 1 is 1.69 bits per heavy atom. The second kappa shape index (κ2) is 5.47. The van der Waals surface area contributed by atoms with Gasteiger partial charge in [-0.1, -0.05) is 0 Å². The Kier molecular flexibility index (Phi) is 4.55. The maximum Gasteiger partial charge on any atom is 0.227 e. The number of ether oxygens (including phenoxy) is 1. The molecule has 0 aromatic carbocycles. The first kappa shape index (κ1) is 10.8. The topological polar surface area (TPSA) is 64.3 Å². The second-order valence-electron chi connectivity index (χ2n) is 3.09. The van der Waals surface area contributed by atoms with Crippen molar-refractivity contribution in [2.45, 2.75) is 6.04 Å². The molecule has 2 atom stereocenters. The fourth-order valence-electron chi connectivity index (χ4n) is 1.25. The molecule has 3 N–H and O–H groups in total. The van der Waals surface area contributed by atoms with E-state index in [0.29, 0.717) is 19.8 Å². The summed E-state index contributed by atoms with van der Waals surface area (Å²) in [4.78, 5) is 11.5. The van der Waals surface area contributed by atoms with E-state index in [1.165, 1.54) is 0 Å². The maximum atomic E-state index is 11.5. The molecule has 0 spiro atoms. The predicted molar refractivity (Wildman–Crippen MR) is 53.7 cm³/mol. The summed E-state index contributed by atoms with van der Waals surface area (Å²) in [6.45, 7) is 1.68. The summed E-state index contributed by atoms with van der Waals surface area (Å²) in [5, 5.41) is 2.84. The van der Waals surface area contributed by atoms with Gasteiger partial charge in [0.25, 0.3) is 0 Å². The van der Waals surface area contributed by atoms with Crippen molar-refractivity contribution in [1.82, 2.24) is 5.32 Å². The molecule has 1 heterocycles. The molecule has 13 heavy (non-hydrogen) atoms. The smallest absolute Gasteiger partial charge is 0.227 e. The van der Waals surface area contributed by atoms with Crippen LogP contribution in [-0.4, -0.2) is 43.7 Å². The molecule has 0 aromatic rings. The standard InChI is InChI=1S/C8H16N2O2S/c1-13-3-2-10-8(11)6-4-12-5-7(6)9/h6-7H,2-5,9H2,1H3,(H,10,11). The zero-order valence-corrected chi connectivity index (χ0v) is 8.60. The van der Waals surface area contributed by atoms with Crippen LogP contribution in [0.5, 0.6) is 0 Å². The van der Waals surface area contributed by atoms with Crippen LogP contribution in [0.2, 0.25) is 0 Å². The number of hydrogen-bond acceptors (Lipinski definition) is 4. The minimum Gasteiger partial charge on any atom is -0.379 e. The highest BCUT2D eigenvalue weighted by Gasteiger charge is 2.30. The Morgan fingerprint density at radius 3 is 3.00 bits per heavy atom. The average Bonchev–Trinajstić information content (AvgIpc) is 2.52. The molecule has 1 amide bonds. The Labute approximate surface area is 82.6 Å². The number of carbonyl (C=O) groups is 1. The zero-order chi connectivity index (χ0) is 9.68. The number of hydrogen-bond donors (Lipinski definition) is 2. The molecule has 5 heteroatoms. The first-order valence-corrected chi connectivity index (χ1v) is 5.75. The highest BCUT2D eigenvalue weighted by molar-refractivity contribution is 7.98. The van der Waals surface area contributed by atoms with Crippen LogP contribution in [0, 0.1) is 5.92 Å². The van der Waals surface area contributed by atoms with Gasteiger partial charge in [0.15, 0.2) is 0 Å². The van der Waals surface area contributed by atoms with Crippen LogP contribution in [0.25, 0.3) is 0 Å². The van der Waals surface area contributed by atoms with E-state index in [-0.39, 0.29) is 17.9 Å². The van der Waals surface area contributed by atoms with Crippen LogP contribution < -0.4 is 11.1 Å². The molecule has 0 aromatic heterocycles. The molecular formula is C8H16N2O2S. The van der Waals surface area contributed by atoms with Crippen LogP contribution in [0.4, 0.5) is 0 Å². The van der Waals surface area contributed by atoms with Crippen LogP contribution in [0.1, 0.15) is 0 Å². The molecular weight excluding hydrogens is 188 g/mol. The largest absolute Gasteiger partial charge is 0.379 e. The van der Waals surface area contributed by atoms with Gasteiger partial charge in [-0.15, -0.1) is 0 Å². The van der Waals surface area contributed by atoms with Gasteiger partial charge in [0.05, 0.1) is 19.1 Å². The average molecular weight is 204 g/mol. The molecule has 1 aliphatic heterocycles. The molecule has 1 fully saturated rings. The fraction of sp³-hybridized carbons (Fsp3) is 0.875. The fourth-order valence-corrected chi connectivity index (χ4v) is 1.55. The lowest BCUT2D eigenvalue weighted by Gasteiger charge is -2.12. The molecule has 1 aliphatic rings.